The van der Waals surface area contributed by atoms with E-state index in [1.807, 2.05) is 19.1 Å². The minimum Gasteiger partial charge on any atom is -0.493 e. The number of carbonyl (C=O) groups is 1. The molecule has 4 nitrogen and oxygen atoms in total. The lowest BCUT2D eigenvalue weighted by atomic mass is 10.2. The Morgan fingerprint density at radius 3 is 2.80 bits per heavy atom. The van der Waals surface area contributed by atoms with Gasteiger partial charge in [0.05, 0.1) is 13.2 Å². The predicted molar refractivity (Wildman–Crippen MR) is 79.9 cm³/mol. The van der Waals surface area contributed by atoms with Crippen LogP contribution in [0.4, 0.5) is 0 Å². The van der Waals surface area contributed by atoms with Gasteiger partial charge in [-0.3, -0.25) is 4.79 Å². The van der Waals surface area contributed by atoms with Crippen LogP contribution in [0, 0.1) is 0 Å². The number of esters is 1. The third kappa shape index (κ3) is 6.26. The fraction of sp³-hybridized carbons (Fsp3) is 0.533. The van der Waals surface area contributed by atoms with Gasteiger partial charge in [-0.15, -0.1) is 0 Å². The molecular formula is C15H22ClNO3. The SMILES string of the molecule is CCOC(=O)CCCCCOc1ccc(Cl)cc1CN. The highest BCUT2D eigenvalue weighted by molar-refractivity contribution is 6.30. The van der Waals surface area contributed by atoms with Crippen molar-refractivity contribution in [2.24, 2.45) is 5.73 Å². The smallest absolute Gasteiger partial charge is 0.305 e. The van der Waals surface area contributed by atoms with E-state index in [2.05, 4.69) is 0 Å². The van der Waals surface area contributed by atoms with Crippen LogP contribution in [0.5, 0.6) is 5.75 Å². The Kier molecular flexibility index (Phi) is 8.07. The van der Waals surface area contributed by atoms with Crippen LogP contribution in [-0.4, -0.2) is 19.2 Å². The van der Waals surface area contributed by atoms with Gasteiger partial charge in [-0.25, -0.2) is 0 Å². The van der Waals surface area contributed by atoms with Gasteiger partial charge < -0.3 is 15.2 Å². The zero-order chi connectivity index (χ0) is 14.8. The number of nitrogens with two attached hydrogens (primary N) is 1. The quantitative estimate of drug-likeness (QED) is 0.561. The zero-order valence-electron chi connectivity index (χ0n) is 11.9. The minimum absolute atomic E-state index is 0.128. The van der Waals surface area contributed by atoms with Gasteiger partial charge in [-0.2, -0.15) is 0 Å². The second kappa shape index (κ2) is 9.61. The van der Waals surface area contributed by atoms with Gasteiger partial charge >= 0.3 is 5.97 Å². The van der Waals surface area contributed by atoms with Gasteiger partial charge in [0, 0.05) is 23.6 Å². The number of hydrogen-bond donors (Lipinski definition) is 1. The van der Waals surface area contributed by atoms with Gasteiger partial charge in [-0.05, 0) is 44.4 Å². The molecule has 0 atom stereocenters. The summed E-state index contributed by atoms with van der Waals surface area (Å²) >= 11 is 5.90. The van der Waals surface area contributed by atoms with Crippen molar-refractivity contribution in [1.82, 2.24) is 0 Å². The van der Waals surface area contributed by atoms with E-state index in [1.165, 1.54) is 0 Å². The molecule has 20 heavy (non-hydrogen) atoms. The second-order valence-corrected chi connectivity index (χ2v) is 4.86. The molecule has 0 amide bonds. The number of rotatable bonds is 9. The molecule has 0 bridgehead atoms. The molecular weight excluding hydrogens is 278 g/mol. The van der Waals surface area contributed by atoms with E-state index in [0.29, 0.717) is 31.2 Å². The molecule has 0 aliphatic heterocycles. The highest BCUT2D eigenvalue weighted by atomic mass is 35.5. The molecule has 1 aromatic rings. The van der Waals surface area contributed by atoms with E-state index in [4.69, 9.17) is 26.8 Å². The Bertz CT molecular complexity index is 424. The lowest BCUT2D eigenvalue weighted by Gasteiger charge is -2.10. The number of halogens is 1. The summed E-state index contributed by atoms with van der Waals surface area (Å²) in [6, 6.07) is 5.44. The molecule has 112 valence electrons. The standard InChI is InChI=1S/C15H22ClNO3/c1-2-19-15(18)6-4-3-5-9-20-14-8-7-13(16)10-12(14)11-17/h7-8,10H,2-6,9,11,17H2,1H3. The number of hydrogen-bond acceptors (Lipinski definition) is 4. The molecule has 0 spiro atoms. The number of carbonyl (C=O) groups excluding carboxylic acids is 1. The predicted octanol–water partition coefficient (Wildman–Crippen LogP) is 3.30. The largest absolute Gasteiger partial charge is 0.493 e. The van der Waals surface area contributed by atoms with E-state index < -0.39 is 0 Å². The fourth-order valence-corrected chi connectivity index (χ4v) is 2.01. The van der Waals surface area contributed by atoms with Crippen LogP contribution >= 0.6 is 11.6 Å². The molecule has 0 saturated heterocycles. The molecule has 1 rings (SSSR count). The Labute approximate surface area is 125 Å². The summed E-state index contributed by atoms with van der Waals surface area (Å²) in [7, 11) is 0. The van der Waals surface area contributed by atoms with Crippen molar-refractivity contribution < 1.29 is 14.3 Å². The molecule has 0 unspecified atom stereocenters. The molecule has 0 fully saturated rings. The Morgan fingerprint density at radius 1 is 1.30 bits per heavy atom. The number of unbranched alkanes of at least 4 members (excludes halogenated alkanes) is 2. The zero-order valence-corrected chi connectivity index (χ0v) is 12.6. The average Bonchev–Trinajstić information content (AvgIpc) is 2.44. The average molecular weight is 300 g/mol. The first kappa shape index (κ1) is 16.8. The normalized spacial score (nSPS) is 10.3. The van der Waals surface area contributed by atoms with Crippen LogP contribution in [0.15, 0.2) is 18.2 Å². The van der Waals surface area contributed by atoms with E-state index in [-0.39, 0.29) is 5.97 Å². The van der Waals surface area contributed by atoms with Crippen molar-refractivity contribution in [3.05, 3.63) is 28.8 Å². The van der Waals surface area contributed by atoms with Gasteiger partial charge in [-0.1, -0.05) is 11.6 Å². The number of benzene rings is 1. The van der Waals surface area contributed by atoms with Crippen molar-refractivity contribution >= 4 is 17.6 Å². The van der Waals surface area contributed by atoms with Gasteiger partial charge in [0.1, 0.15) is 5.75 Å². The lowest BCUT2D eigenvalue weighted by Crippen LogP contribution is -2.05. The monoisotopic (exact) mass is 299 g/mol. The third-order valence-electron chi connectivity index (χ3n) is 2.83. The third-order valence-corrected chi connectivity index (χ3v) is 3.07. The van der Waals surface area contributed by atoms with E-state index in [1.54, 1.807) is 6.07 Å². The van der Waals surface area contributed by atoms with Crippen LogP contribution in [0.2, 0.25) is 5.02 Å². The fourth-order valence-electron chi connectivity index (χ4n) is 1.81. The molecule has 0 heterocycles. The Morgan fingerprint density at radius 2 is 2.10 bits per heavy atom. The highest BCUT2D eigenvalue weighted by Crippen LogP contribution is 2.22. The summed E-state index contributed by atoms with van der Waals surface area (Å²) in [6.45, 7) is 3.27. The Balaban J connectivity index is 2.20. The van der Waals surface area contributed by atoms with Crippen molar-refractivity contribution in [2.75, 3.05) is 13.2 Å². The maximum absolute atomic E-state index is 11.1. The van der Waals surface area contributed by atoms with Crippen molar-refractivity contribution in [3.63, 3.8) is 0 Å². The van der Waals surface area contributed by atoms with E-state index in [9.17, 15) is 4.79 Å². The minimum atomic E-state index is -0.128. The van der Waals surface area contributed by atoms with Crippen molar-refractivity contribution in [3.8, 4) is 5.75 Å². The maximum atomic E-state index is 11.1. The summed E-state index contributed by atoms with van der Waals surface area (Å²) < 4.78 is 10.5. The molecule has 0 saturated carbocycles. The molecule has 0 aliphatic rings. The van der Waals surface area contributed by atoms with E-state index >= 15 is 0 Å². The molecule has 0 radical (unpaired) electrons. The second-order valence-electron chi connectivity index (χ2n) is 4.42. The van der Waals surface area contributed by atoms with Gasteiger partial charge in [0.2, 0.25) is 0 Å². The molecule has 2 N–H and O–H groups in total. The van der Waals surface area contributed by atoms with Crippen molar-refractivity contribution in [2.45, 2.75) is 39.2 Å². The summed E-state index contributed by atoms with van der Waals surface area (Å²) in [5.74, 6) is 0.652. The molecule has 0 aromatic heterocycles. The highest BCUT2D eigenvalue weighted by Gasteiger charge is 2.04. The van der Waals surface area contributed by atoms with Crippen LogP contribution in [0.3, 0.4) is 0 Å². The summed E-state index contributed by atoms with van der Waals surface area (Å²) in [6.07, 6.45) is 3.13. The Hall–Kier alpha value is -1.26. The van der Waals surface area contributed by atoms with Crippen LogP contribution < -0.4 is 10.5 Å². The number of ether oxygens (including phenoxy) is 2. The lowest BCUT2D eigenvalue weighted by molar-refractivity contribution is -0.143. The summed E-state index contributed by atoms with van der Waals surface area (Å²) in [5.41, 5.74) is 6.55. The summed E-state index contributed by atoms with van der Waals surface area (Å²) in [4.78, 5) is 11.1. The van der Waals surface area contributed by atoms with Crippen LogP contribution in [-0.2, 0) is 16.1 Å². The first-order valence-electron chi connectivity index (χ1n) is 6.94. The van der Waals surface area contributed by atoms with Gasteiger partial charge in [0.25, 0.3) is 0 Å². The van der Waals surface area contributed by atoms with Crippen LogP contribution in [0.1, 0.15) is 38.2 Å². The summed E-state index contributed by atoms with van der Waals surface area (Å²) in [5, 5.41) is 0.659. The van der Waals surface area contributed by atoms with Crippen LogP contribution in [0.25, 0.3) is 0 Å². The van der Waals surface area contributed by atoms with E-state index in [0.717, 1.165) is 30.6 Å². The first-order chi connectivity index (χ1) is 9.67. The van der Waals surface area contributed by atoms with Gasteiger partial charge in [0.15, 0.2) is 0 Å². The van der Waals surface area contributed by atoms with Crippen molar-refractivity contribution in [1.29, 1.82) is 0 Å². The maximum Gasteiger partial charge on any atom is 0.305 e. The first-order valence-corrected chi connectivity index (χ1v) is 7.32. The topological polar surface area (TPSA) is 61.5 Å². The molecule has 0 aliphatic carbocycles. The molecule has 5 heteroatoms. The molecule has 1 aromatic carbocycles.